The topological polar surface area (TPSA) is 9.23 Å². The van der Waals surface area contributed by atoms with Crippen LogP contribution in [-0.2, 0) is 21.8 Å². The number of rotatable bonds is 6. The van der Waals surface area contributed by atoms with E-state index < -0.39 is 0 Å². The summed E-state index contributed by atoms with van der Waals surface area (Å²) < 4.78 is 4.87. The van der Waals surface area contributed by atoms with E-state index in [9.17, 15) is 0 Å². The normalized spacial score (nSPS) is 10.0. The minimum Gasteiger partial charge on any atom is -0.498 e. The summed E-state index contributed by atoms with van der Waals surface area (Å²) >= 11 is 0. The molecule has 0 unspecified atom stereocenters. The molecule has 0 heterocycles. The Labute approximate surface area is 80.7 Å². The quantitative estimate of drug-likeness (QED) is 0.367. The van der Waals surface area contributed by atoms with Crippen LogP contribution in [0.2, 0.25) is 0 Å². The third kappa shape index (κ3) is 13.2. The van der Waals surface area contributed by atoms with Crippen LogP contribution in [0.25, 0.3) is 0 Å². The second-order valence-corrected chi connectivity index (χ2v) is 2.29. The number of hydrogen-bond acceptors (Lipinski definition) is 1. The molecule has 0 fully saturated rings. The van der Waals surface area contributed by atoms with Gasteiger partial charge in [-0.1, -0.05) is 26.2 Å². The molecule has 11 heavy (non-hydrogen) atoms. The standard InChI is InChI=1S/C9H17O.Cu/c1-3-4-5-6-7-8-9-10-2;/h6H,3-5,8-9H2,1-2H3;/q-1;+1. The summed E-state index contributed by atoms with van der Waals surface area (Å²) in [5.41, 5.74) is 0. The van der Waals surface area contributed by atoms with Crippen LogP contribution in [0.1, 0.15) is 32.6 Å². The smallest absolute Gasteiger partial charge is 0.498 e. The van der Waals surface area contributed by atoms with E-state index in [-0.39, 0.29) is 17.1 Å². The molecular formula is C9H17CuO. The van der Waals surface area contributed by atoms with E-state index in [0.29, 0.717) is 0 Å². The maximum Gasteiger partial charge on any atom is 1.00 e. The first-order valence-electron chi connectivity index (χ1n) is 3.95. The zero-order chi connectivity index (χ0) is 7.66. The molecule has 0 aliphatic rings. The Kier molecular flexibility index (Phi) is 16.1. The number of allylic oxidation sites excluding steroid dienone is 1. The zero-order valence-corrected chi connectivity index (χ0v) is 8.26. The van der Waals surface area contributed by atoms with E-state index in [1.165, 1.54) is 19.3 Å². The summed E-state index contributed by atoms with van der Waals surface area (Å²) in [6.07, 6.45) is 9.93. The van der Waals surface area contributed by atoms with Gasteiger partial charge < -0.3 is 10.8 Å². The van der Waals surface area contributed by atoms with Crippen LogP contribution in [0, 0.1) is 6.08 Å². The van der Waals surface area contributed by atoms with E-state index in [4.69, 9.17) is 4.74 Å². The Balaban J connectivity index is 0. The van der Waals surface area contributed by atoms with Crippen molar-refractivity contribution >= 4 is 0 Å². The molecular weight excluding hydrogens is 188 g/mol. The molecule has 0 rings (SSSR count). The predicted molar refractivity (Wildman–Crippen MR) is 43.8 cm³/mol. The number of unbranched alkanes of at least 4 members (excludes halogenated alkanes) is 2. The van der Waals surface area contributed by atoms with Crippen molar-refractivity contribution in [2.24, 2.45) is 0 Å². The molecule has 0 aromatic rings. The fourth-order valence-electron chi connectivity index (χ4n) is 0.671. The summed E-state index contributed by atoms with van der Waals surface area (Å²) in [6.45, 7) is 2.99. The van der Waals surface area contributed by atoms with Crippen LogP contribution < -0.4 is 0 Å². The van der Waals surface area contributed by atoms with E-state index >= 15 is 0 Å². The molecule has 0 amide bonds. The van der Waals surface area contributed by atoms with Crippen molar-refractivity contribution in [1.82, 2.24) is 0 Å². The molecule has 0 aliphatic carbocycles. The van der Waals surface area contributed by atoms with E-state index in [1.54, 1.807) is 7.11 Å². The summed E-state index contributed by atoms with van der Waals surface area (Å²) in [6, 6.07) is 0. The van der Waals surface area contributed by atoms with Gasteiger partial charge in [0, 0.05) is 13.7 Å². The molecule has 0 saturated heterocycles. The van der Waals surface area contributed by atoms with Gasteiger partial charge in [0.2, 0.25) is 0 Å². The second kappa shape index (κ2) is 12.9. The van der Waals surface area contributed by atoms with Crippen LogP contribution in [0.4, 0.5) is 0 Å². The molecule has 0 aliphatic heterocycles. The van der Waals surface area contributed by atoms with Crippen molar-refractivity contribution in [2.45, 2.75) is 32.6 Å². The van der Waals surface area contributed by atoms with Crippen LogP contribution in [0.5, 0.6) is 0 Å². The van der Waals surface area contributed by atoms with Gasteiger partial charge in [-0.2, -0.15) is 6.42 Å². The Morgan fingerprint density at radius 2 is 2.18 bits per heavy atom. The first-order valence-corrected chi connectivity index (χ1v) is 3.95. The van der Waals surface area contributed by atoms with E-state index in [1.807, 2.05) is 0 Å². The predicted octanol–water partition coefficient (Wildman–Crippen LogP) is 2.57. The van der Waals surface area contributed by atoms with Gasteiger partial charge in [0.25, 0.3) is 0 Å². The van der Waals surface area contributed by atoms with Crippen molar-refractivity contribution in [3.8, 4) is 0 Å². The van der Waals surface area contributed by atoms with Crippen LogP contribution in [0.15, 0.2) is 6.08 Å². The summed E-state index contributed by atoms with van der Waals surface area (Å²) in [5, 5.41) is 0. The molecule has 0 aromatic carbocycles. The van der Waals surface area contributed by atoms with Crippen molar-refractivity contribution < 1.29 is 21.8 Å². The van der Waals surface area contributed by atoms with Gasteiger partial charge in [-0.15, -0.1) is 0 Å². The Morgan fingerprint density at radius 1 is 1.45 bits per heavy atom. The molecule has 70 valence electrons. The first kappa shape index (κ1) is 13.8. The van der Waals surface area contributed by atoms with Crippen molar-refractivity contribution in [3.63, 3.8) is 0 Å². The Bertz CT molecular complexity index is 71.6. The fourth-order valence-corrected chi connectivity index (χ4v) is 0.671. The number of ether oxygens (including phenoxy) is 1. The molecule has 2 heteroatoms. The average molecular weight is 205 g/mol. The second-order valence-electron chi connectivity index (χ2n) is 2.29. The van der Waals surface area contributed by atoms with Gasteiger partial charge in [-0.05, 0) is 0 Å². The molecule has 0 saturated carbocycles. The van der Waals surface area contributed by atoms with E-state index in [0.717, 1.165) is 13.0 Å². The molecule has 0 radical (unpaired) electrons. The third-order valence-corrected chi connectivity index (χ3v) is 1.30. The van der Waals surface area contributed by atoms with Crippen LogP contribution >= 0.6 is 0 Å². The molecule has 0 N–H and O–H groups in total. The van der Waals surface area contributed by atoms with E-state index in [2.05, 4.69) is 19.1 Å². The minimum atomic E-state index is 0. The first-order chi connectivity index (χ1) is 4.91. The van der Waals surface area contributed by atoms with Gasteiger partial charge in [0.1, 0.15) is 0 Å². The van der Waals surface area contributed by atoms with Gasteiger partial charge in [-0.25, -0.2) is 0 Å². The fraction of sp³-hybridized carbons (Fsp3) is 0.778. The number of hydrogen-bond donors (Lipinski definition) is 0. The largest absolute Gasteiger partial charge is 1.00 e. The maximum atomic E-state index is 4.87. The van der Waals surface area contributed by atoms with Gasteiger partial charge in [0.05, 0.1) is 0 Å². The van der Waals surface area contributed by atoms with Crippen LogP contribution in [-0.4, -0.2) is 13.7 Å². The molecule has 0 atom stereocenters. The Morgan fingerprint density at radius 3 is 2.73 bits per heavy atom. The van der Waals surface area contributed by atoms with Crippen LogP contribution in [0.3, 0.4) is 0 Å². The molecule has 0 spiro atoms. The zero-order valence-electron chi connectivity index (χ0n) is 7.32. The summed E-state index contributed by atoms with van der Waals surface area (Å²) in [4.78, 5) is 0. The average Bonchev–Trinajstić information content (AvgIpc) is 1.97. The van der Waals surface area contributed by atoms with Gasteiger partial charge >= 0.3 is 17.1 Å². The molecule has 0 aromatic heterocycles. The monoisotopic (exact) mass is 204 g/mol. The van der Waals surface area contributed by atoms with Gasteiger partial charge in [-0.3, -0.25) is 6.08 Å². The van der Waals surface area contributed by atoms with Crippen molar-refractivity contribution in [2.75, 3.05) is 13.7 Å². The molecule has 0 bridgehead atoms. The Hall–Kier alpha value is 0.219. The number of methoxy groups -OCH3 is 1. The van der Waals surface area contributed by atoms with Crippen molar-refractivity contribution in [1.29, 1.82) is 0 Å². The maximum absolute atomic E-state index is 4.87. The third-order valence-electron chi connectivity index (χ3n) is 1.30. The molecule has 1 nitrogen and oxygen atoms in total. The van der Waals surface area contributed by atoms with Crippen molar-refractivity contribution in [3.05, 3.63) is 12.2 Å². The summed E-state index contributed by atoms with van der Waals surface area (Å²) in [5.74, 6) is 0. The minimum absolute atomic E-state index is 0. The SMILES string of the molecule is CCCCC=[C-]CCOC.[Cu+]. The summed E-state index contributed by atoms with van der Waals surface area (Å²) in [7, 11) is 1.72. The van der Waals surface area contributed by atoms with Gasteiger partial charge in [0.15, 0.2) is 0 Å².